The van der Waals surface area contributed by atoms with Crippen molar-refractivity contribution in [1.82, 2.24) is 10.2 Å². The molecule has 2 nitrogen and oxygen atoms in total. The number of allylic oxidation sites excluding steroid dienone is 6. The van der Waals surface area contributed by atoms with Crippen molar-refractivity contribution in [3.8, 4) is 0 Å². The van der Waals surface area contributed by atoms with E-state index < -0.39 is 0 Å². The van der Waals surface area contributed by atoms with Crippen LogP contribution < -0.4 is 5.32 Å². The van der Waals surface area contributed by atoms with Crippen LogP contribution in [-0.4, -0.2) is 30.6 Å². The summed E-state index contributed by atoms with van der Waals surface area (Å²) in [5.41, 5.74) is 2.77. The molecule has 2 heterocycles. The Morgan fingerprint density at radius 3 is 2.77 bits per heavy atom. The van der Waals surface area contributed by atoms with Crippen LogP contribution in [0.25, 0.3) is 0 Å². The minimum Gasteiger partial charge on any atom is -0.372 e. The molecule has 0 bridgehead atoms. The fraction of sp³-hybridized carbons (Fsp3) is 0.600. The van der Waals surface area contributed by atoms with Gasteiger partial charge in [0.25, 0.3) is 0 Å². The second-order valence-corrected chi connectivity index (χ2v) is 6.78. The van der Waals surface area contributed by atoms with Crippen molar-refractivity contribution in [2.45, 2.75) is 45.6 Å². The standard InChI is InChI=1S/C20H32N2/c1-5-7-8-18(6-2)11-12-19-13-21-14-20(19)15-22-16(3)9-10-17(22)4/h5-8,17,19-21H,1,3,9-15H2,2,4H3/b8-7-,18-6+/t17?,19?,20-/m1/s1. The van der Waals surface area contributed by atoms with E-state index in [0.717, 1.165) is 18.4 Å². The van der Waals surface area contributed by atoms with Gasteiger partial charge in [0.05, 0.1) is 0 Å². The number of rotatable bonds is 7. The molecule has 0 radical (unpaired) electrons. The summed E-state index contributed by atoms with van der Waals surface area (Å²) in [7, 11) is 0. The molecule has 3 atom stereocenters. The van der Waals surface area contributed by atoms with Crippen LogP contribution in [0.1, 0.15) is 39.5 Å². The maximum atomic E-state index is 4.25. The number of nitrogens with zero attached hydrogens (tertiary/aromatic N) is 1. The normalized spacial score (nSPS) is 29.7. The fourth-order valence-electron chi connectivity index (χ4n) is 3.75. The Balaban J connectivity index is 1.86. The van der Waals surface area contributed by atoms with E-state index in [4.69, 9.17) is 0 Å². The highest BCUT2D eigenvalue weighted by molar-refractivity contribution is 5.21. The van der Waals surface area contributed by atoms with Gasteiger partial charge in [0.2, 0.25) is 0 Å². The first kappa shape index (κ1) is 17.1. The lowest BCUT2D eigenvalue weighted by molar-refractivity contribution is 0.235. The van der Waals surface area contributed by atoms with E-state index >= 15 is 0 Å². The van der Waals surface area contributed by atoms with Crippen LogP contribution in [0.4, 0.5) is 0 Å². The van der Waals surface area contributed by atoms with Crippen LogP contribution in [0.2, 0.25) is 0 Å². The van der Waals surface area contributed by atoms with Gasteiger partial charge in [-0.3, -0.25) is 0 Å². The van der Waals surface area contributed by atoms with Gasteiger partial charge in [-0.1, -0.05) is 43.0 Å². The average Bonchev–Trinajstić information content (AvgIpc) is 3.09. The minimum atomic E-state index is 0.676. The Labute approximate surface area is 136 Å². The highest BCUT2D eigenvalue weighted by Crippen LogP contribution is 2.31. The predicted molar refractivity (Wildman–Crippen MR) is 96.7 cm³/mol. The molecule has 0 saturated carbocycles. The molecule has 2 rings (SSSR count). The summed E-state index contributed by atoms with van der Waals surface area (Å²) >= 11 is 0. The zero-order valence-corrected chi connectivity index (χ0v) is 14.4. The molecular formula is C20H32N2. The van der Waals surface area contributed by atoms with E-state index in [1.807, 2.05) is 12.2 Å². The second-order valence-electron chi connectivity index (χ2n) is 6.78. The molecule has 0 aromatic heterocycles. The van der Waals surface area contributed by atoms with Crippen LogP contribution in [0, 0.1) is 11.8 Å². The summed E-state index contributed by atoms with van der Waals surface area (Å²) in [6.45, 7) is 16.0. The number of hydrogen-bond donors (Lipinski definition) is 1. The molecule has 0 aromatic rings. The van der Waals surface area contributed by atoms with Gasteiger partial charge in [-0.2, -0.15) is 0 Å². The first-order valence-electron chi connectivity index (χ1n) is 8.75. The molecule has 1 N–H and O–H groups in total. The Morgan fingerprint density at radius 1 is 1.36 bits per heavy atom. The Bertz CT molecular complexity index is 447. The topological polar surface area (TPSA) is 15.3 Å². The molecule has 0 aromatic carbocycles. The first-order valence-corrected chi connectivity index (χ1v) is 8.75. The fourth-order valence-corrected chi connectivity index (χ4v) is 3.75. The molecule has 2 fully saturated rings. The van der Waals surface area contributed by atoms with E-state index in [1.54, 1.807) is 0 Å². The molecule has 2 heteroatoms. The number of likely N-dealkylation sites (tertiary alicyclic amines) is 1. The van der Waals surface area contributed by atoms with Gasteiger partial charge in [0.1, 0.15) is 0 Å². The quantitative estimate of drug-likeness (QED) is 0.706. The third-order valence-electron chi connectivity index (χ3n) is 5.32. The molecule has 122 valence electrons. The summed E-state index contributed by atoms with van der Waals surface area (Å²) < 4.78 is 0. The van der Waals surface area contributed by atoms with Gasteiger partial charge in [-0.15, -0.1) is 0 Å². The lowest BCUT2D eigenvalue weighted by Gasteiger charge is -2.30. The first-order chi connectivity index (χ1) is 10.7. The predicted octanol–water partition coefficient (Wildman–Crippen LogP) is 4.29. The molecule has 2 aliphatic rings. The van der Waals surface area contributed by atoms with Gasteiger partial charge >= 0.3 is 0 Å². The maximum Gasteiger partial charge on any atom is 0.0262 e. The summed E-state index contributed by atoms with van der Waals surface area (Å²) in [5.74, 6) is 1.55. The minimum absolute atomic E-state index is 0.676. The summed E-state index contributed by atoms with van der Waals surface area (Å²) in [5, 5.41) is 3.60. The van der Waals surface area contributed by atoms with Crippen molar-refractivity contribution >= 4 is 0 Å². The van der Waals surface area contributed by atoms with E-state index in [1.165, 1.54) is 50.0 Å². The Hall–Kier alpha value is -1.28. The lowest BCUT2D eigenvalue weighted by atomic mass is 9.89. The van der Waals surface area contributed by atoms with Gasteiger partial charge in [0, 0.05) is 18.3 Å². The third kappa shape index (κ3) is 4.36. The third-order valence-corrected chi connectivity index (χ3v) is 5.32. The van der Waals surface area contributed by atoms with Crippen LogP contribution in [0.5, 0.6) is 0 Å². The largest absolute Gasteiger partial charge is 0.372 e. The molecule has 22 heavy (non-hydrogen) atoms. The van der Waals surface area contributed by atoms with Gasteiger partial charge in [-0.25, -0.2) is 0 Å². The van der Waals surface area contributed by atoms with Gasteiger partial charge in [-0.05, 0) is 64.5 Å². The molecule has 0 aliphatic carbocycles. The van der Waals surface area contributed by atoms with Crippen molar-refractivity contribution < 1.29 is 0 Å². The van der Waals surface area contributed by atoms with Crippen molar-refractivity contribution in [2.75, 3.05) is 19.6 Å². The van der Waals surface area contributed by atoms with Gasteiger partial charge < -0.3 is 10.2 Å². The van der Waals surface area contributed by atoms with Crippen molar-refractivity contribution in [3.05, 3.63) is 48.7 Å². The zero-order valence-electron chi connectivity index (χ0n) is 14.4. The lowest BCUT2D eigenvalue weighted by Crippen LogP contribution is -2.34. The smallest absolute Gasteiger partial charge is 0.0262 e. The second kappa shape index (κ2) is 8.38. The summed E-state index contributed by atoms with van der Waals surface area (Å²) in [4.78, 5) is 2.55. The maximum absolute atomic E-state index is 4.25. The van der Waals surface area contributed by atoms with Crippen molar-refractivity contribution in [1.29, 1.82) is 0 Å². The average molecular weight is 300 g/mol. The van der Waals surface area contributed by atoms with Crippen LogP contribution >= 0.6 is 0 Å². The van der Waals surface area contributed by atoms with Crippen LogP contribution in [-0.2, 0) is 0 Å². The van der Waals surface area contributed by atoms with E-state index in [9.17, 15) is 0 Å². The monoisotopic (exact) mass is 300 g/mol. The Morgan fingerprint density at radius 2 is 2.14 bits per heavy atom. The number of nitrogens with one attached hydrogen (secondary N) is 1. The highest BCUT2D eigenvalue weighted by atomic mass is 15.2. The van der Waals surface area contributed by atoms with E-state index in [0.29, 0.717) is 6.04 Å². The highest BCUT2D eigenvalue weighted by Gasteiger charge is 2.32. The van der Waals surface area contributed by atoms with Crippen LogP contribution in [0.15, 0.2) is 48.7 Å². The van der Waals surface area contributed by atoms with Gasteiger partial charge in [0.15, 0.2) is 0 Å². The zero-order chi connectivity index (χ0) is 15.9. The molecule has 2 aliphatic heterocycles. The Kier molecular flexibility index (Phi) is 6.50. The van der Waals surface area contributed by atoms with Crippen molar-refractivity contribution in [2.24, 2.45) is 11.8 Å². The SMILES string of the molecule is C=C/C=C\C(=C/C)CCC1CNC[C@@H]1CN1C(=C)CCC1C. The van der Waals surface area contributed by atoms with Crippen LogP contribution in [0.3, 0.4) is 0 Å². The van der Waals surface area contributed by atoms with E-state index in [-0.39, 0.29) is 0 Å². The molecular weight excluding hydrogens is 268 g/mol. The molecule has 2 saturated heterocycles. The summed E-state index contributed by atoms with van der Waals surface area (Å²) in [6, 6.07) is 0.676. The van der Waals surface area contributed by atoms with E-state index in [2.05, 4.69) is 49.4 Å². The molecule has 2 unspecified atom stereocenters. The molecule has 0 spiro atoms. The molecule has 0 amide bonds. The van der Waals surface area contributed by atoms with Crippen molar-refractivity contribution in [3.63, 3.8) is 0 Å². The summed E-state index contributed by atoms with van der Waals surface area (Å²) in [6.07, 6.45) is 13.2. The number of hydrogen-bond acceptors (Lipinski definition) is 2.